The number of carbonyl (C=O) groups excluding carboxylic acids is 2. The molecule has 2 aromatic carbocycles. The van der Waals surface area contributed by atoms with Gasteiger partial charge >= 0.3 is 0 Å². The number of anilines is 1. The summed E-state index contributed by atoms with van der Waals surface area (Å²) in [4.78, 5) is 23.0. The first-order chi connectivity index (χ1) is 12.4. The normalized spacial score (nSPS) is 10.7. The molecule has 0 unspecified atom stereocenters. The molecule has 0 saturated heterocycles. The van der Waals surface area contributed by atoms with Crippen molar-refractivity contribution in [2.75, 3.05) is 11.9 Å². The van der Waals surface area contributed by atoms with Gasteiger partial charge in [-0.3, -0.25) is 9.59 Å². The Kier molecular flexibility index (Phi) is 6.78. The second kappa shape index (κ2) is 9.04. The molecule has 2 rings (SSSR count). The number of benzene rings is 2. The van der Waals surface area contributed by atoms with Crippen molar-refractivity contribution in [3.05, 3.63) is 63.1 Å². The number of nitriles is 1. The van der Waals surface area contributed by atoms with Gasteiger partial charge < -0.3 is 15.8 Å². The van der Waals surface area contributed by atoms with E-state index in [0.717, 1.165) is 4.47 Å². The largest absolute Gasteiger partial charge is 0.482 e. The third kappa shape index (κ3) is 5.62. The molecule has 132 valence electrons. The molecule has 2 amide bonds. The topological polar surface area (TPSA) is 105 Å². The van der Waals surface area contributed by atoms with Gasteiger partial charge in [0, 0.05) is 10.2 Å². The minimum absolute atomic E-state index is 0.0882. The van der Waals surface area contributed by atoms with Crippen LogP contribution in [-0.4, -0.2) is 18.4 Å². The Bertz CT molecular complexity index is 905. The second-order valence-corrected chi connectivity index (χ2v) is 6.40. The van der Waals surface area contributed by atoms with Gasteiger partial charge in [0.05, 0.1) is 5.02 Å². The number of primary amides is 1. The summed E-state index contributed by atoms with van der Waals surface area (Å²) in [5.41, 5.74) is 6.02. The van der Waals surface area contributed by atoms with E-state index in [1.165, 1.54) is 18.2 Å². The molecule has 0 fully saturated rings. The molecule has 26 heavy (non-hydrogen) atoms. The van der Waals surface area contributed by atoms with Crippen LogP contribution >= 0.6 is 27.5 Å². The lowest BCUT2D eigenvalue weighted by atomic mass is 10.1. The minimum Gasteiger partial charge on any atom is -0.482 e. The fourth-order valence-corrected chi connectivity index (χ4v) is 2.43. The Hall–Kier alpha value is -2.82. The quantitative estimate of drug-likeness (QED) is 0.536. The number of hydrogen-bond acceptors (Lipinski definition) is 4. The maximum atomic E-state index is 12.2. The molecule has 0 heterocycles. The summed E-state index contributed by atoms with van der Waals surface area (Å²) in [5.74, 6) is -0.887. The molecule has 0 aliphatic carbocycles. The average Bonchev–Trinajstić information content (AvgIpc) is 2.60. The number of amides is 2. The van der Waals surface area contributed by atoms with Crippen molar-refractivity contribution in [2.45, 2.75) is 0 Å². The van der Waals surface area contributed by atoms with Crippen LogP contribution in [0.15, 0.2) is 52.5 Å². The third-order valence-corrected chi connectivity index (χ3v) is 3.93. The van der Waals surface area contributed by atoms with Crippen molar-refractivity contribution in [3.63, 3.8) is 0 Å². The Balaban J connectivity index is 2.15. The maximum absolute atomic E-state index is 12.2. The van der Waals surface area contributed by atoms with Crippen LogP contribution in [0.1, 0.15) is 5.56 Å². The van der Waals surface area contributed by atoms with E-state index in [9.17, 15) is 14.9 Å². The van der Waals surface area contributed by atoms with Gasteiger partial charge in [-0.1, -0.05) is 33.6 Å². The molecule has 2 aromatic rings. The van der Waals surface area contributed by atoms with Crippen LogP contribution in [0.3, 0.4) is 0 Å². The lowest BCUT2D eigenvalue weighted by Crippen LogP contribution is -2.20. The molecule has 0 aliphatic heterocycles. The Morgan fingerprint density at radius 1 is 1.27 bits per heavy atom. The second-order valence-electron chi connectivity index (χ2n) is 5.08. The number of nitrogens with two attached hydrogens (primary N) is 1. The van der Waals surface area contributed by atoms with Crippen LogP contribution in [0.25, 0.3) is 6.08 Å². The minimum atomic E-state index is -0.624. The van der Waals surface area contributed by atoms with E-state index in [1.807, 2.05) is 6.07 Å². The van der Waals surface area contributed by atoms with Crippen LogP contribution in [0.5, 0.6) is 5.75 Å². The van der Waals surface area contributed by atoms with E-state index in [1.54, 1.807) is 30.3 Å². The first-order valence-corrected chi connectivity index (χ1v) is 8.45. The standard InChI is InChI=1S/C18H13BrClN3O3/c19-13-2-4-14(5-3-13)23-18(25)12(9-21)7-11-1-6-16(15(20)8-11)26-10-17(22)24/h1-8H,10H2,(H2,22,24)(H,23,25). The number of nitrogens with zero attached hydrogens (tertiary/aromatic N) is 1. The maximum Gasteiger partial charge on any atom is 0.266 e. The first-order valence-electron chi connectivity index (χ1n) is 7.28. The number of hydrogen-bond donors (Lipinski definition) is 2. The third-order valence-electron chi connectivity index (χ3n) is 3.10. The number of rotatable bonds is 6. The predicted octanol–water partition coefficient (Wildman–Crippen LogP) is 3.51. The summed E-state index contributed by atoms with van der Waals surface area (Å²) in [7, 11) is 0. The monoisotopic (exact) mass is 433 g/mol. The number of nitrogens with one attached hydrogen (secondary N) is 1. The molecule has 6 nitrogen and oxygen atoms in total. The van der Waals surface area contributed by atoms with Crippen molar-refractivity contribution < 1.29 is 14.3 Å². The molecule has 8 heteroatoms. The molecular weight excluding hydrogens is 422 g/mol. The molecule has 0 atom stereocenters. The van der Waals surface area contributed by atoms with Crippen molar-refractivity contribution >= 4 is 51.1 Å². The molecule has 0 radical (unpaired) electrons. The van der Waals surface area contributed by atoms with E-state index in [0.29, 0.717) is 11.3 Å². The molecular formula is C18H13BrClN3O3. The number of carbonyl (C=O) groups is 2. The molecule has 0 aromatic heterocycles. The molecule has 3 N–H and O–H groups in total. The zero-order chi connectivity index (χ0) is 19.1. The van der Waals surface area contributed by atoms with E-state index >= 15 is 0 Å². The van der Waals surface area contributed by atoms with Gasteiger partial charge in [-0.25, -0.2) is 0 Å². The lowest BCUT2D eigenvalue weighted by Gasteiger charge is -2.07. The van der Waals surface area contributed by atoms with E-state index in [-0.39, 0.29) is 23.0 Å². The van der Waals surface area contributed by atoms with Crippen LogP contribution in [0, 0.1) is 11.3 Å². The summed E-state index contributed by atoms with van der Waals surface area (Å²) in [5, 5.41) is 12.1. The smallest absolute Gasteiger partial charge is 0.266 e. The number of halogens is 2. The highest BCUT2D eigenvalue weighted by Crippen LogP contribution is 2.26. The summed E-state index contributed by atoms with van der Waals surface area (Å²) in [6, 6.07) is 13.5. The lowest BCUT2D eigenvalue weighted by molar-refractivity contribution is -0.120. The highest BCUT2D eigenvalue weighted by atomic mass is 79.9. The van der Waals surface area contributed by atoms with Crippen LogP contribution in [0.4, 0.5) is 5.69 Å². The first kappa shape index (κ1) is 19.5. The fourth-order valence-electron chi connectivity index (χ4n) is 1.92. The van der Waals surface area contributed by atoms with Crippen molar-refractivity contribution in [2.24, 2.45) is 5.73 Å². The Labute approximate surface area is 163 Å². The SMILES string of the molecule is N#CC(=Cc1ccc(OCC(N)=O)c(Cl)c1)C(=O)Nc1ccc(Br)cc1. The van der Waals surface area contributed by atoms with Crippen LogP contribution < -0.4 is 15.8 Å². The molecule has 0 aliphatic rings. The van der Waals surface area contributed by atoms with Gasteiger partial charge in [-0.2, -0.15) is 5.26 Å². The number of ether oxygens (including phenoxy) is 1. The van der Waals surface area contributed by atoms with E-state index < -0.39 is 11.8 Å². The van der Waals surface area contributed by atoms with Crippen molar-refractivity contribution in [1.29, 1.82) is 5.26 Å². The summed E-state index contributed by atoms with van der Waals surface area (Å²) >= 11 is 9.37. The van der Waals surface area contributed by atoms with Gasteiger partial charge in [0.1, 0.15) is 17.4 Å². The van der Waals surface area contributed by atoms with Crippen molar-refractivity contribution in [1.82, 2.24) is 0 Å². The fraction of sp³-hybridized carbons (Fsp3) is 0.0556. The van der Waals surface area contributed by atoms with Gasteiger partial charge in [-0.05, 0) is 48.0 Å². The Morgan fingerprint density at radius 2 is 1.96 bits per heavy atom. The molecule has 0 saturated carbocycles. The molecule has 0 spiro atoms. The zero-order valence-corrected chi connectivity index (χ0v) is 15.7. The highest BCUT2D eigenvalue weighted by molar-refractivity contribution is 9.10. The van der Waals surface area contributed by atoms with Gasteiger partial charge in [0.15, 0.2) is 6.61 Å². The van der Waals surface area contributed by atoms with Crippen LogP contribution in [-0.2, 0) is 9.59 Å². The van der Waals surface area contributed by atoms with Gasteiger partial charge in [-0.15, -0.1) is 0 Å². The molecule has 0 bridgehead atoms. The Morgan fingerprint density at radius 3 is 2.54 bits per heavy atom. The van der Waals surface area contributed by atoms with Crippen LogP contribution in [0.2, 0.25) is 5.02 Å². The van der Waals surface area contributed by atoms with Gasteiger partial charge in [0.25, 0.3) is 11.8 Å². The summed E-state index contributed by atoms with van der Waals surface area (Å²) in [6.45, 7) is -0.298. The summed E-state index contributed by atoms with van der Waals surface area (Å²) in [6.07, 6.45) is 1.40. The average molecular weight is 435 g/mol. The predicted molar refractivity (Wildman–Crippen MR) is 103 cm³/mol. The highest BCUT2D eigenvalue weighted by Gasteiger charge is 2.11. The van der Waals surface area contributed by atoms with Gasteiger partial charge in [0.2, 0.25) is 0 Å². The van der Waals surface area contributed by atoms with E-state index in [2.05, 4.69) is 21.2 Å². The van der Waals surface area contributed by atoms with Crippen molar-refractivity contribution in [3.8, 4) is 11.8 Å². The summed E-state index contributed by atoms with van der Waals surface area (Å²) < 4.78 is 6.02. The zero-order valence-electron chi connectivity index (χ0n) is 13.3. The van der Waals surface area contributed by atoms with E-state index in [4.69, 9.17) is 22.1 Å².